The van der Waals surface area contributed by atoms with Crippen molar-refractivity contribution in [3.8, 4) is 5.75 Å². The minimum atomic E-state index is -0.983. The molecule has 3 rings (SSSR count). The summed E-state index contributed by atoms with van der Waals surface area (Å²) in [5.74, 6) is -0.198. The van der Waals surface area contributed by atoms with Gasteiger partial charge in [-0.25, -0.2) is 4.79 Å². The summed E-state index contributed by atoms with van der Waals surface area (Å²) in [6.45, 7) is 2.04. The van der Waals surface area contributed by atoms with E-state index < -0.39 is 5.97 Å². The van der Waals surface area contributed by atoms with E-state index in [1.54, 1.807) is 12.1 Å². The lowest BCUT2D eigenvalue weighted by atomic mass is 9.93. The van der Waals surface area contributed by atoms with Gasteiger partial charge in [-0.2, -0.15) is 0 Å². The molecule has 1 atom stereocenters. The molecule has 1 unspecified atom stereocenters. The second-order valence-electron chi connectivity index (χ2n) is 6.60. The minimum Gasteiger partial charge on any atom is -0.496 e. The van der Waals surface area contributed by atoms with Crippen molar-refractivity contribution in [3.63, 3.8) is 0 Å². The number of carbonyl (C=O) groups is 2. The fraction of sp³-hybridized carbons (Fsp3) is 0.556. The number of aromatic carboxylic acids is 1. The van der Waals surface area contributed by atoms with Crippen LogP contribution >= 0.6 is 0 Å². The van der Waals surface area contributed by atoms with Crippen molar-refractivity contribution in [1.29, 1.82) is 0 Å². The number of carbonyl (C=O) groups excluding carboxylic acids is 1. The van der Waals surface area contributed by atoms with Gasteiger partial charge >= 0.3 is 5.97 Å². The first kappa shape index (κ1) is 16.8. The Hall–Kier alpha value is -2.08. The van der Waals surface area contributed by atoms with Gasteiger partial charge < -0.3 is 19.9 Å². The maximum Gasteiger partial charge on any atom is 0.335 e. The maximum absolute atomic E-state index is 12.3. The topological polar surface area (TPSA) is 84.9 Å². The van der Waals surface area contributed by atoms with Crippen LogP contribution in [0.15, 0.2) is 18.2 Å². The van der Waals surface area contributed by atoms with Crippen LogP contribution in [0.25, 0.3) is 0 Å². The number of ether oxygens (including phenoxy) is 2. The van der Waals surface area contributed by atoms with Gasteiger partial charge in [-0.15, -0.1) is 0 Å². The molecule has 0 aromatic heterocycles. The number of methoxy groups -OCH3 is 1. The van der Waals surface area contributed by atoms with Gasteiger partial charge in [0.1, 0.15) is 5.75 Å². The number of rotatable bonds is 6. The minimum absolute atomic E-state index is 0.123. The number of hydrogen-bond donors (Lipinski definition) is 2. The van der Waals surface area contributed by atoms with E-state index in [4.69, 9.17) is 14.6 Å². The molecule has 1 saturated heterocycles. The van der Waals surface area contributed by atoms with Crippen molar-refractivity contribution in [2.75, 3.05) is 26.9 Å². The summed E-state index contributed by atoms with van der Waals surface area (Å²) in [6, 6.07) is 4.81. The Labute approximate surface area is 141 Å². The zero-order valence-corrected chi connectivity index (χ0v) is 13.8. The highest BCUT2D eigenvalue weighted by Crippen LogP contribution is 2.59. The van der Waals surface area contributed by atoms with Crippen molar-refractivity contribution in [1.82, 2.24) is 5.32 Å². The van der Waals surface area contributed by atoms with Crippen molar-refractivity contribution >= 4 is 11.9 Å². The molecule has 1 heterocycles. The summed E-state index contributed by atoms with van der Waals surface area (Å²) in [6.07, 6.45) is 3.54. The molecular formula is C18H23NO5. The Morgan fingerprint density at radius 2 is 2.12 bits per heavy atom. The summed E-state index contributed by atoms with van der Waals surface area (Å²) in [7, 11) is 1.52. The van der Waals surface area contributed by atoms with Gasteiger partial charge in [0.15, 0.2) is 0 Å². The van der Waals surface area contributed by atoms with E-state index >= 15 is 0 Å². The zero-order chi connectivity index (χ0) is 17.2. The number of hydrogen-bond acceptors (Lipinski definition) is 4. The van der Waals surface area contributed by atoms with Gasteiger partial charge in [0, 0.05) is 25.7 Å². The van der Waals surface area contributed by atoms with Crippen LogP contribution < -0.4 is 10.1 Å². The molecule has 6 heteroatoms. The number of carboxylic acid groups (broad SMARTS) is 1. The molecule has 2 fully saturated rings. The maximum atomic E-state index is 12.3. The zero-order valence-electron chi connectivity index (χ0n) is 13.8. The van der Waals surface area contributed by atoms with E-state index in [2.05, 4.69) is 5.32 Å². The van der Waals surface area contributed by atoms with E-state index in [-0.39, 0.29) is 22.8 Å². The van der Waals surface area contributed by atoms with Crippen LogP contribution in [0.5, 0.6) is 5.75 Å². The van der Waals surface area contributed by atoms with Crippen LogP contribution in [0.2, 0.25) is 0 Å². The smallest absolute Gasteiger partial charge is 0.335 e. The predicted molar refractivity (Wildman–Crippen MR) is 87.3 cm³/mol. The van der Waals surface area contributed by atoms with Crippen molar-refractivity contribution in [3.05, 3.63) is 29.3 Å². The molecule has 2 aliphatic rings. The van der Waals surface area contributed by atoms with E-state index in [0.717, 1.165) is 38.0 Å². The Morgan fingerprint density at radius 3 is 2.79 bits per heavy atom. The largest absolute Gasteiger partial charge is 0.496 e. The number of benzene rings is 1. The van der Waals surface area contributed by atoms with Crippen LogP contribution in [-0.4, -0.2) is 43.9 Å². The van der Waals surface area contributed by atoms with Crippen LogP contribution in [0.4, 0.5) is 0 Å². The van der Waals surface area contributed by atoms with Gasteiger partial charge in [-0.05, 0) is 48.8 Å². The highest BCUT2D eigenvalue weighted by Gasteiger charge is 2.57. The first-order valence-electron chi connectivity index (χ1n) is 8.31. The lowest BCUT2D eigenvalue weighted by molar-refractivity contribution is -0.123. The molecular weight excluding hydrogens is 310 g/mol. The molecule has 2 N–H and O–H groups in total. The third kappa shape index (κ3) is 3.38. The van der Waals surface area contributed by atoms with Crippen LogP contribution in [-0.2, 0) is 16.0 Å². The molecule has 24 heavy (non-hydrogen) atoms. The normalized spacial score (nSPS) is 21.3. The standard InChI is InChI=1S/C18H23NO5/c1-23-15-10-13(17(21)22)3-2-12(15)4-7-19-16(20)14-11-18(14)5-8-24-9-6-18/h2-3,10,14H,4-9,11H2,1H3,(H,19,20)(H,21,22). The van der Waals surface area contributed by atoms with Gasteiger partial charge in [-0.1, -0.05) is 6.07 Å². The summed E-state index contributed by atoms with van der Waals surface area (Å²) in [5.41, 5.74) is 1.27. The fourth-order valence-electron chi connectivity index (χ4n) is 3.58. The lowest BCUT2D eigenvalue weighted by Crippen LogP contribution is -2.31. The highest BCUT2D eigenvalue weighted by molar-refractivity contribution is 5.88. The van der Waals surface area contributed by atoms with Gasteiger partial charge in [0.05, 0.1) is 12.7 Å². The van der Waals surface area contributed by atoms with Crippen molar-refractivity contribution in [2.45, 2.75) is 25.7 Å². The summed E-state index contributed by atoms with van der Waals surface area (Å²) in [5, 5.41) is 12.0. The van der Waals surface area contributed by atoms with Gasteiger partial charge in [0.25, 0.3) is 0 Å². The fourth-order valence-corrected chi connectivity index (χ4v) is 3.58. The second kappa shape index (κ2) is 6.81. The Bertz CT molecular complexity index is 636. The van der Waals surface area contributed by atoms with Crippen molar-refractivity contribution < 1.29 is 24.2 Å². The number of nitrogens with one attached hydrogen (secondary N) is 1. The third-order valence-corrected chi connectivity index (χ3v) is 5.22. The number of carboxylic acids is 1. The molecule has 1 saturated carbocycles. The predicted octanol–water partition coefficient (Wildman–Crippen LogP) is 1.87. The summed E-state index contributed by atoms with van der Waals surface area (Å²) in [4.78, 5) is 23.3. The first-order valence-corrected chi connectivity index (χ1v) is 8.31. The van der Waals surface area contributed by atoms with Crippen LogP contribution in [0, 0.1) is 11.3 Å². The third-order valence-electron chi connectivity index (χ3n) is 5.22. The molecule has 130 valence electrons. The van der Waals surface area contributed by atoms with Gasteiger partial charge in [-0.3, -0.25) is 4.79 Å². The van der Waals surface area contributed by atoms with E-state index in [1.165, 1.54) is 13.2 Å². The molecule has 1 aromatic carbocycles. The quantitative estimate of drug-likeness (QED) is 0.830. The first-order chi connectivity index (χ1) is 11.6. The van der Waals surface area contributed by atoms with E-state index in [9.17, 15) is 9.59 Å². The highest BCUT2D eigenvalue weighted by atomic mass is 16.5. The molecule has 1 aliphatic carbocycles. The SMILES string of the molecule is COc1cc(C(=O)O)ccc1CCNC(=O)C1CC12CCOCC2. The molecule has 0 bridgehead atoms. The van der Waals surface area contributed by atoms with E-state index in [1.807, 2.05) is 0 Å². The average molecular weight is 333 g/mol. The Morgan fingerprint density at radius 1 is 1.38 bits per heavy atom. The van der Waals surface area contributed by atoms with E-state index in [0.29, 0.717) is 18.7 Å². The van der Waals surface area contributed by atoms with Crippen molar-refractivity contribution in [2.24, 2.45) is 11.3 Å². The molecule has 1 aliphatic heterocycles. The average Bonchev–Trinajstić information content (AvgIpc) is 3.28. The Balaban J connectivity index is 1.51. The summed E-state index contributed by atoms with van der Waals surface area (Å²) >= 11 is 0. The molecule has 1 spiro atoms. The molecule has 1 aromatic rings. The van der Waals surface area contributed by atoms with Crippen LogP contribution in [0.3, 0.4) is 0 Å². The van der Waals surface area contributed by atoms with Crippen LogP contribution in [0.1, 0.15) is 35.2 Å². The van der Waals surface area contributed by atoms with Gasteiger partial charge in [0.2, 0.25) is 5.91 Å². The monoisotopic (exact) mass is 333 g/mol. The number of amides is 1. The second-order valence-corrected chi connectivity index (χ2v) is 6.60. The summed E-state index contributed by atoms with van der Waals surface area (Å²) < 4.78 is 10.6. The molecule has 6 nitrogen and oxygen atoms in total. The lowest BCUT2D eigenvalue weighted by Gasteiger charge is -2.22. The molecule has 1 amide bonds. The molecule has 0 radical (unpaired) electrons. The Kier molecular flexibility index (Phi) is 4.76.